The number of nitrogens with zero attached hydrogens (tertiary/aromatic N) is 1. The van der Waals surface area contributed by atoms with E-state index in [0.717, 1.165) is 38.0 Å². The molecular formula is C17H26N2O2. The average molecular weight is 290 g/mol. The number of benzene rings is 1. The van der Waals surface area contributed by atoms with Crippen LogP contribution < -0.4 is 15.0 Å². The molecule has 1 N–H and O–H groups in total. The molecule has 1 aliphatic heterocycles. The first-order valence-electron chi connectivity index (χ1n) is 7.85. The van der Waals surface area contributed by atoms with Crippen molar-refractivity contribution < 1.29 is 9.53 Å². The third-order valence-corrected chi connectivity index (χ3v) is 3.97. The van der Waals surface area contributed by atoms with Crippen molar-refractivity contribution in [1.82, 2.24) is 5.32 Å². The fraction of sp³-hybridized carbons (Fsp3) is 0.588. The van der Waals surface area contributed by atoms with Crippen molar-refractivity contribution in [2.24, 2.45) is 0 Å². The van der Waals surface area contributed by atoms with Gasteiger partial charge >= 0.3 is 0 Å². The highest BCUT2D eigenvalue weighted by Gasteiger charge is 2.20. The molecule has 0 radical (unpaired) electrons. The third kappa shape index (κ3) is 4.13. The summed E-state index contributed by atoms with van der Waals surface area (Å²) >= 11 is 0. The number of nitrogens with one attached hydrogen (secondary N) is 1. The van der Waals surface area contributed by atoms with Crippen molar-refractivity contribution in [2.45, 2.75) is 45.6 Å². The van der Waals surface area contributed by atoms with Crippen molar-refractivity contribution in [2.75, 3.05) is 25.1 Å². The second kappa shape index (κ2) is 7.34. The molecule has 0 saturated heterocycles. The molecule has 1 aliphatic rings. The number of hydrogen-bond donors (Lipinski definition) is 1. The number of carbonyl (C=O) groups is 1. The summed E-state index contributed by atoms with van der Waals surface area (Å²) < 4.78 is 5.28. The van der Waals surface area contributed by atoms with Gasteiger partial charge < -0.3 is 15.0 Å². The van der Waals surface area contributed by atoms with Crippen molar-refractivity contribution in [3.63, 3.8) is 0 Å². The lowest BCUT2D eigenvalue weighted by Gasteiger charge is -2.31. The molecule has 0 spiro atoms. The number of fused-ring (bicyclic) bond motifs is 1. The predicted molar refractivity (Wildman–Crippen MR) is 86.0 cm³/mol. The van der Waals surface area contributed by atoms with E-state index >= 15 is 0 Å². The Morgan fingerprint density at radius 2 is 2.29 bits per heavy atom. The van der Waals surface area contributed by atoms with Crippen LogP contribution in [0.3, 0.4) is 0 Å². The fourth-order valence-corrected chi connectivity index (χ4v) is 2.94. The summed E-state index contributed by atoms with van der Waals surface area (Å²) in [6, 6.07) is 6.37. The minimum Gasteiger partial charge on any atom is -0.497 e. The molecule has 21 heavy (non-hydrogen) atoms. The second-order valence-corrected chi connectivity index (χ2v) is 5.78. The van der Waals surface area contributed by atoms with Gasteiger partial charge in [-0.3, -0.25) is 4.79 Å². The van der Waals surface area contributed by atoms with Gasteiger partial charge in [0, 0.05) is 18.3 Å². The molecule has 0 saturated carbocycles. The van der Waals surface area contributed by atoms with Crippen LogP contribution in [0.15, 0.2) is 18.2 Å². The minimum atomic E-state index is 0.111. The number of aryl methyl sites for hydroxylation is 1. The average Bonchev–Trinajstić information content (AvgIpc) is 2.47. The van der Waals surface area contributed by atoms with Crippen LogP contribution in [-0.4, -0.2) is 32.1 Å². The summed E-state index contributed by atoms with van der Waals surface area (Å²) in [6.45, 7) is 5.58. The monoisotopic (exact) mass is 290 g/mol. The van der Waals surface area contributed by atoms with Crippen LogP contribution in [0, 0.1) is 0 Å². The van der Waals surface area contributed by atoms with E-state index in [1.54, 1.807) is 7.11 Å². The summed E-state index contributed by atoms with van der Waals surface area (Å²) in [4.78, 5) is 14.3. The maximum Gasteiger partial charge on any atom is 0.239 e. The summed E-state index contributed by atoms with van der Waals surface area (Å²) in [7, 11) is 1.69. The van der Waals surface area contributed by atoms with Gasteiger partial charge in [0.05, 0.1) is 13.7 Å². The van der Waals surface area contributed by atoms with E-state index in [9.17, 15) is 4.79 Å². The summed E-state index contributed by atoms with van der Waals surface area (Å²) in [5.41, 5.74) is 2.44. The number of amides is 1. The quantitative estimate of drug-likeness (QED) is 0.876. The van der Waals surface area contributed by atoms with Crippen molar-refractivity contribution >= 4 is 11.6 Å². The number of rotatable bonds is 6. The Kier molecular flexibility index (Phi) is 5.48. The fourth-order valence-electron chi connectivity index (χ4n) is 2.94. The Morgan fingerprint density at radius 3 is 3.00 bits per heavy atom. The van der Waals surface area contributed by atoms with Gasteiger partial charge in [0.25, 0.3) is 0 Å². The SMILES string of the molecule is CCCC(C)NC(=O)CN1CCCc2cc(OC)ccc21. The van der Waals surface area contributed by atoms with E-state index in [1.165, 1.54) is 11.3 Å². The highest BCUT2D eigenvalue weighted by molar-refractivity contribution is 5.82. The summed E-state index contributed by atoms with van der Waals surface area (Å²) in [5, 5.41) is 3.08. The number of methoxy groups -OCH3 is 1. The Balaban J connectivity index is 2.01. The Labute approximate surface area is 127 Å². The molecule has 0 aromatic heterocycles. The minimum absolute atomic E-state index is 0.111. The molecule has 1 aromatic rings. The molecular weight excluding hydrogens is 264 g/mol. The Bertz CT molecular complexity index is 488. The first-order chi connectivity index (χ1) is 10.1. The highest BCUT2D eigenvalue weighted by atomic mass is 16.5. The summed E-state index contributed by atoms with van der Waals surface area (Å²) in [6.07, 6.45) is 4.25. The molecule has 0 fully saturated rings. The van der Waals surface area contributed by atoms with Crippen molar-refractivity contribution in [3.05, 3.63) is 23.8 Å². The van der Waals surface area contributed by atoms with Gasteiger partial charge in [0.2, 0.25) is 5.91 Å². The lowest BCUT2D eigenvalue weighted by molar-refractivity contribution is -0.120. The molecule has 1 heterocycles. The van der Waals surface area contributed by atoms with Crippen LogP contribution in [0.5, 0.6) is 5.75 Å². The standard InChI is InChI=1S/C17H26N2O2/c1-4-6-13(2)18-17(20)12-19-10-5-7-14-11-15(21-3)8-9-16(14)19/h8-9,11,13H,4-7,10,12H2,1-3H3,(H,18,20). The number of carbonyl (C=O) groups excluding carboxylic acids is 1. The maximum atomic E-state index is 12.2. The first-order valence-corrected chi connectivity index (χ1v) is 7.85. The third-order valence-electron chi connectivity index (χ3n) is 3.97. The zero-order valence-corrected chi connectivity index (χ0v) is 13.3. The largest absolute Gasteiger partial charge is 0.497 e. The van der Waals surface area contributed by atoms with Crippen molar-refractivity contribution in [1.29, 1.82) is 0 Å². The van der Waals surface area contributed by atoms with Crippen LogP contribution >= 0.6 is 0 Å². The molecule has 1 amide bonds. The number of ether oxygens (including phenoxy) is 1. The maximum absolute atomic E-state index is 12.2. The molecule has 4 heteroatoms. The zero-order chi connectivity index (χ0) is 15.2. The highest BCUT2D eigenvalue weighted by Crippen LogP contribution is 2.30. The molecule has 0 aliphatic carbocycles. The zero-order valence-electron chi connectivity index (χ0n) is 13.3. The molecule has 2 rings (SSSR count). The number of anilines is 1. The van der Waals surface area contributed by atoms with Gasteiger partial charge in [0.15, 0.2) is 0 Å². The van der Waals surface area contributed by atoms with Crippen LogP contribution in [0.4, 0.5) is 5.69 Å². The second-order valence-electron chi connectivity index (χ2n) is 5.78. The molecule has 1 atom stereocenters. The molecule has 1 unspecified atom stereocenters. The van der Waals surface area contributed by atoms with Crippen LogP contribution in [0.25, 0.3) is 0 Å². The van der Waals surface area contributed by atoms with Gasteiger partial charge in [-0.1, -0.05) is 13.3 Å². The molecule has 116 valence electrons. The van der Waals surface area contributed by atoms with E-state index in [2.05, 4.69) is 36.2 Å². The van der Waals surface area contributed by atoms with Gasteiger partial charge in [-0.15, -0.1) is 0 Å². The van der Waals surface area contributed by atoms with Crippen molar-refractivity contribution in [3.8, 4) is 5.75 Å². The van der Waals surface area contributed by atoms with Gasteiger partial charge in [0.1, 0.15) is 5.75 Å². The van der Waals surface area contributed by atoms with E-state index < -0.39 is 0 Å². The first kappa shape index (κ1) is 15.7. The van der Waals surface area contributed by atoms with Crippen LogP contribution in [-0.2, 0) is 11.2 Å². The van der Waals surface area contributed by atoms with Crippen LogP contribution in [0.1, 0.15) is 38.7 Å². The lowest BCUT2D eigenvalue weighted by atomic mass is 10.0. The number of hydrogen-bond acceptors (Lipinski definition) is 3. The lowest BCUT2D eigenvalue weighted by Crippen LogP contribution is -2.42. The molecule has 4 nitrogen and oxygen atoms in total. The smallest absolute Gasteiger partial charge is 0.239 e. The van der Waals surface area contributed by atoms with Gasteiger partial charge in [-0.25, -0.2) is 0 Å². The van der Waals surface area contributed by atoms with Crippen LogP contribution in [0.2, 0.25) is 0 Å². The van der Waals surface area contributed by atoms with Gasteiger partial charge in [-0.2, -0.15) is 0 Å². The van der Waals surface area contributed by atoms with Gasteiger partial charge in [-0.05, 0) is 49.9 Å². The van der Waals surface area contributed by atoms with E-state index in [1.807, 2.05) is 6.07 Å². The van der Waals surface area contributed by atoms with E-state index in [0.29, 0.717) is 6.54 Å². The summed E-state index contributed by atoms with van der Waals surface area (Å²) in [5.74, 6) is 0.997. The predicted octanol–water partition coefficient (Wildman–Crippen LogP) is 2.75. The Hall–Kier alpha value is -1.71. The van der Waals surface area contributed by atoms with E-state index in [-0.39, 0.29) is 11.9 Å². The molecule has 0 bridgehead atoms. The molecule has 1 aromatic carbocycles. The topological polar surface area (TPSA) is 41.6 Å². The van der Waals surface area contributed by atoms with E-state index in [4.69, 9.17) is 4.74 Å². The Morgan fingerprint density at radius 1 is 1.48 bits per heavy atom. The normalized spacial score (nSPS) is 15.3.